The molecule has 5 rings (SSSR count). The summed E-state index contributed by atoms with van der Waals surface area (Å²) in [7, 11) is 0. The number of nitrogens with one attached hydrogen (secondary N) is 3. The summed E-state index contributed by atoms with van der Waals surface area (Å²) < 4.78 is 11.1. The van der Waals surface area contributed by atoms with Crippen LogP contribution in [-0.4, -0.2) is 55.2 Å². The summed E-state index contributed by atoms with van der Waals surface area (Å²) in [5.74, 6) is -1.67. The Hall–Kier alpha value is -5.44. The zero-order valence-corrected chi connectivity index (χ0v) is 30.4. The van der Waals surface area contributed by atoms with Crippen LogP contribution >= 0.6 is 0 Å². The van der Waals surface area contributed by atoms with E-state index in [-0.39, 0.29) is 37.4 Å². The van der Waals surface area contributed by atoms with Crippen LogP contribution in [0.4, 0.5) is 4.79 Å². The predicted octanol–water partition coefficient (Wildman–Crippen LogP) is 7.08. The lowest BCUT2D eigenvalue weighted by Gasteiger charge is -2.26. The molecular weight excluding hydrogens is 654 g/mol. The summed E-state index contributed by atoms with van der Waals surface area (Å²) in [6.45, 7) is 11.5. The minimum atomic E-state index is -1.06. The summed E-state index contributed by atoms with van der Waals surface area (Å²) in [6.07, 6.45) is 1.55. The zero-order valence-electron chi connectivity index (χ0n) is 30.4. The number of benzene rings is 4. The van der Waals surface area contributed by atoms with E-state index in [2.05, 4.69) is 34.7 Å². The minimum Gasteiger partial charge on any atom is -0.460 e. The van der Waals surface area contributed by atoms with Crippen LogP contribution in [-0.2, 0) is 30.3 Å². The van der Waals surface area contributed by atoms with Crippen molar-refractivity contribution in [2.75, 3.05) is 13.2 Å². The molecule has 0 aliphatic heterocycles. The maximum absolute atomic E-state index is 14.0. The normalized spacial score (nSPS) is 13.8. The van der Waals surface area contributed by atoms with Gasteiger partial charge >= 0.3 is 12.1 Å². The maximum Gasteiger partial charge on any atom is 0.407 e. The number of hydrogen-bond acceptors (Lipinski definition) is 6. The van der Waals surface area contributed by atoms with Gasteiger partial charge in [-0.3, -0.25) is 9.59 Å². The fraction of sp³-hybridized carbons (Fsp3) is 0.349. The van der Waals surface area contributed by atoms with Gasteiger partial charge in [0.15, 0.2) is 0 Å². The summed E-state index contributed by atoms with van der Waals surface area (Å²) in [6, 6.07) is 26.9. The van der Waals surface area contributed by atoms with Crippen LogP contribution in [0.5, 0.6) is 0 Å². The van der Waals surface area contributed by atoms with Crippen LogP contribution in [0.1, 0.15) is 63.1 Å². The second kappa shape index (κ2) is 17.7. The number of amides is 3. The van der Waals surface area contributed by atoms with E-state index >= 15 is 0 Å². The second-order valence-electron chi connectivity index (χ2n) is 14.2. The van der Waals surface area contributed by atoms with Gasteiger partial charge < -0.3 is 25.4 Å². The summed E-state index contributed by atoms with van der Waals surface area (Å²) in [4.78, 5) is 54.2. The number of carbonyl (C=O) groups excluding carboxylic acids is 4. The Balaban J connectivity index is 1.33. The van der Waals surface area contributed by atoms with E-state index in [1.165, 1.54) is 6.08 Å². The van der Waals surface area contributed by atoms with Gasteiger partial charge in [-0.1, -0.05) is 131 Å². The van der Waals surface area contributed by atoms with Crippen molar-refractivity contribution in [3.8, 4) is 11.1 Å². The van der Waals surface area contributed by atoms with E-state index in [1.807, 2.05) is 107 Å². The zero-order chi connectivity index (χ0) is 37.2. The molecule has 0 bridgehead atoms. The van der Waals surface area contributed by atoms with Crippen molar-refractivity contribution in [3.05, 3.63) is 120 Å². The molecular formula is C43H49N3O6. The molecule has 272 valence electrons. The SMILES string of the molecule is C=CCOC(=O)[C@H](CC(C)C)NC(=O)[C@H](Cc1ccc2ccccc2c1)NC(=O)[C@H](CC(C)C)NC(=O)OCC1c2ccccc2-c2ccccc21. The van der Waals surface area contributed by atoms with E-state index in [1.54, 1.807) is 0 Å². The van der Waals surface area contributed by atoms with E-state index in [4.69, 9.17) is 9.47 Å². The highest BCUT2D eigenvalue weighted by molar-refractivity contribution is 5.93. The van der Waals surface area contributed by atoms with E-state index in [9.17, 15) is 19.2 Å². The van der Waals surface area contributed by atoms with Crippen LogP contribution in [0, 0.1) is 11.8 Å². The Morgan fingerprint density at radius 3 is 1.87 bits per heavy atom. The standard InChI is InChI=1S/C43H49N3O6/c1-6-21-51-42(49)39(23-28(4)5)45-41(48)38(25-29-19-20-30-13-7-8-14-31(30)24-29)44-40(47)37(22-27(2)3)46-43(50)52-26-36-34-17-11-9-15-32(34)33-16-10-12-18-35(33)36/h6-20,24,27-28,36-39H,1,21-23,25-26H2,2-5H3,(H,44,47)(H,45,48)(H,46,50)/t37-,38-,39-/m0/s1. The van der Waals surface area contributed by atoms with Gasteiger partial charge in [0.05, 0.1) is 0 Å². The summed E-state index contributed by atoms with van der Waals surface area (Å²) in [5.41, 5.74) is 5.21. The molecule has 9 nitrogen and oxygen atoms in total. The molecule has 3 amide bonds. The molecule has 0 radical (unpaired) electrons. The predicted molar refractivity (Wildman–Crippen MR) is 204 cm³/mol. The Morgan fingerprint density at radius 1 is 0.673 bits per heavy atom. The molecule has 0 fully saturated rings. The molecule has 1 aliphatic carbocycles. The fourth-order valence-electron chi connectivity index (χ4n) is 6.77. The van der Waals surface area contributed by atoms with Crippen molar-refractivity contribution in [1.82, 2.24) is 16.0 Å². The number of alkyl carbamates (subject to hydrolysis) is 1. The van der Waals surface area contributed by atoms with Crippen LogP contribution in [0.3, 0.4) is 0 Å². The fourth-order valence-corrected chi connectivity index (χ4v) is 6.77. The van der Waals surface area contributed by atoms with Crippen molar-refractivity contribution in [2.45, 2.75) is 71.0 Å². The molecule has 3 N–H and O–H groups in total. The Kier molecular flexibility index (Phi) is 12.8. The van der Waals surface area contributed by atoms with Crippen molar-refractivity contribution in [3.63, 3.8) is 0 Å². The Labute approximate surface area is 306 Å². The largest absolute Gasteiger partial charge is 0.460 e. The number of hydrogen-bond donors (Lipinski definition) is 3. The monoisotopic (exact) mass is 703 g/mol. The smallest absolute Gasteiger partial charge is 0.407 e. The van der Waals surface area contributed by atoms with Crippen LogP contribution < -0.4 is 16.0 Å². The van der Waals surface area contributed by atoms with Crippen molar-refractivity contribution < 1.29 is 28.7 Å². The highest BCUT2D eigenvalue weighted by Crippen LogP contribution is 2.44. The van der Waals surface area contributed by atoms with Crippen molar-refractivity contribution >= 4 is 34.6 Å². The van der Waals surface area contributed by atoms with Gasteiger partial charge in [-0.15, -0.1) is 0 Å². The Morgan fingerprint density at radius 2 is 1.23 bits per heavy atom. The molecule has 0 unspecified atom stereocenters. The van der Waals surface area contributed by atoms with Crippen molar-refractivity contribution in [1.29, 1.82) is 0 Å². The van der Waals surface area contributed by atoms with Gasteiger partial charge in [0.25, 0.3) is 0 Å². The first kappa shape index (κ1) is 37.8. The van der Waals surface area contributed by atoms with Crippen LogP contribution in [0.2, 0.25) is 0 Å². The average Bonchev–Trinajstić information content (AvgIpc) is 3.45. The number of fused-ring (bicyclic) bond motifs is 4. The molecule has 4 aromatic rings. The molecule has 3 atom stereocenters. The van der Waals surface area contributed by atoms with Gasteiger partial charge in [0, 0.05) is 12.3 Å². The number of esters is 1. The van der Waals surface area contributed by atoms with Gasteiger partial charge in [0.2, 0.25) is 11.8 Å². The van der Waals surface area contributed by atoms with Crippen LogP contribution in [0.15, 0.2) is 104 Å². The number of ether oxygens (including phenoxy) is 2. The third-order valence-electron chi connectivity index (χ3n) is 9.20. The van der Waals surface area contributed by atoms with Crippen molar-refractivity contribution in [2.24, 2.45) is 11.8 Å². The lowest BCUT2D eigenvalue weighted by atomic mass is 9.98. The summed E-state index contributed by atoms with van der Waals surface area (Å²) in [5, 5.41) is 10.5. The van der Waals surface area contributed by atoms with Crippen LogP contribution in [0.25, 0.3) is 21.9 Å². The Bertz CT molecular complexity index is 1860. The third kappa shape index (κ3) is 9.66. The minimum absolute atomic E-state index is 0.0129. The van der Waals surface area contributed by atoms with Gasteiger partial charge in [-0.2, -0.15) is 0 Å². The number of rotatable bonds is 16. The molecule has 1 aliphatic rings. The molecule has 4 aromatic carbocycles. The van der Waals surface area contributed by atoms with Gasteiger partial charge in [-0.05, 0) is 63.3 Å². The van der Waals surface area contributed by atoms with E-state index in [0.29, 0.717) is 12.8 Å². The molecule has 0 aromatic heterocycles. The average molecular weight is 704 g/mol. The second-order valence-corrected chi connectivity index (χ2v) is 14.2. The lowest BCUT2D eigenvalue weighted by Crippen LogP contribution is -2.57. The van der Waals surface area contributed by atoms with Gasteiger partial charge in [-0.25, -0.2) is 9.59 Å². The molecule has 0 saturated heterocycles. The number of carbonyl (C=O) groups is 4. The highest BCUT2D eigenvalue weighted by atomic mass is 16.5. The molecule has 0 saturated carbocycles. The van der Waals surface area contributed by atoms with Gasteiger partial charge in [0.1, 0.15) is 31.3 Å². The quantitative estimate of drug-likeness (QED) is 0.0847. The van der Waals surface area contributed by atoms with E-state index in [0.717, 1.165) is 38.6 Å². The molecule has 9 heteroatoms. The lowest BCUT2D eigenvalue weighted by molar-refractivity contribution is -0.147. The molecule has 0 spiro atoms. The first-order valence-corrected chi connectivity index (χ1v) is 18.0. The summed E-state index contributed by atoms with van der Waals surface area (Å²) >= 11 is 0. The van der Waals surface area contributed by atoms with E-state index < -0.39 is 42.0 Å². The highest BCUT2D eigenvalue weighted by Gasteiger charge is 2.33. The molecule has 52 heavy (non-hydrogen) atoms. The first-order valence-electron chi connectivity index (χ1n) is 18.0. The molecule has 0 heterocycles. The maximum atomic E-state index is 14.0. The third-order valence-corrected chi connectivity index (χ3v) is 9.20. The first-order chi connectivity index (χ1) is 25.0. The topological polar surface area (TPSA) is 123 Å².